The van der Waals surface area contributed by atoms with Crippen LogP contribution in [0.5, 0.6) is 0 Å². The van der Waals surface area contributed by atoms with Crippen LogP contribution >= 0.6 is 11.6 Å². The molecule has 0 saturated carbocycles. The van der Waals surface area contributed by atoms with E-state index in [1.807, 2.05) is 6.92 Å². The van der Waals surface area contributed by atoms with E-state index in [4.69, 9.17) is 16.7 Å². The minimum Gasteiger partial charge on any atom is -0.395 e. The van der Waals surface area contributed by atoms with Gasteiger partial charge in [-0.05, 0) is 25.5 Å². The predicted octanol–water partition coefficient (Wildman–Crippen LogP) is 1.83. The summed E-state index contributed by atoms with van der Waals surface area (Å²) in [7, 11) is 0. The molecule has 0 aliphatic carbocycles. The Hall–Kier alpha value is -0.0500. The molecule has 0 aromatic heterocycles. The second-order valence-electron chi connectivity index (χ2n) is 2.96. The van der Waals surface area contributed by atoms with Crippen LogP contribution in [-0.4, -0.2) is 36.2 Å². The van der Waals surface area contributed by atoms with E-state index < -0.39 is 0 Å². The third kappa shape index (κ3) is 5.58. The Morgan fingerprint density at radius 3 is 2.58 bits per heavy atom. The molecule has 12 heavy (non-hydrogen) atoms. The van der Waals surface area contributed by atoms with Crippen molar-refractivity contribution in [3.8, 4) is 0 Å². The van der Waals surface area contributed by atoms with Crippen molar-refractivity contribution in [1.82, 2.24) is 4.90 Å². The van der Waals surface area contributed by atoms with Crippen molar-refractivity contribution in [2.75, 3.05) is 26.2 Å². The van der Waals surface area contributed by atoms with Crippen LogP contribution in [-0.2, 0) is 0 Å². The summed E-state index contributed by atoms with van der Waals surface area (Å²) in [4.78, 5) is 2.19. The fraction of sp³-hybridized carbons (Fsp3) is 0.778. The molecule has 0 rings (SSSR count). The first-order valence-electron chi connectivity index (χ1n) is 4.33. The van der Waals surface area contributed by atoms with Gasteiger partial charge in [0.2, 0.25) is 0 Å². The molecule has 0 aromatic carbocycles. The molecule has 0 fully saturated rings. The molecule has 0 heterocycles. The van der Waals surface area contributed by atoms with Gasteiger partial charge in [-0.25, -0.2) is 0 Å². The maximum Gasteiger partial charge on any atom is 0.0558 e. The standard InChI is InChI=1S/C9H18ClNO/c1-3-4-11(5-6-12)8-9(2)7-10/h7,12H,3-6,8H2,1-2H3. The molecule has 1 N–H and O–H groups in total. The van der Waals surface area contributed by atoms with E-state index in [0.29, 0.717) is 0 Å². The number of hydrogen-bond donors (Lipinski definition) is 1. The normalized spacial score (nSPS) is 12.6. The average molecular weight is 192 g/mol. The molecular weight excluding hydrogens is 174 g/mol. The minimum absolute atomic E-state index is 0.218. The van der Waals surface area contributed by atoms with Crippen LogP contribution in [0.25, 0.3) is 0 Å². The topological polar surface area (TPSA) is 23.5 Å². The average Bonchev–Trinajstić information content (AvgIpc) is 2.05. The lowest BCUT2D eigenvalue weighted by Gasteiger charge is -2.20. The van der Waals surface area contributed by atoms with Gasteiger partial charge in [0.1, 0.15) is 0 Å². The molecule has 0 bridgehead atoms. The molecule has 0 saturated heterocycles. The van der Waals surface area contributed by atoms with Gasteiger partial charge in [-0.1, -0.05) is 18.5 Å². The van der Waals surface area contributed by atoms with Crippen molar-refractivity contribution in [3.63, 3.8) is 0 Å². The summed E-state index contributed by atoms with van der Waals surface area (Å²) in [6.45, 7) is 6.95. The van der Waals surface area contributed by atoms with Crippen LogP contribution < -0.4 is 0 Å². The third-order valence-electron chi connectivity index (χ3n) is 1.62. The predicted molar refractivity (Wildman–Crippen MR) is 53.4 cm³/mol. The Morgan fingerprint density at radius 1 is 1.50 bits per heavy atom. The Morgan fingerprint density at radius 2 is 2.17 bits per heavy atom. The molecule has 0 atom stereocenters. The molecule has 0 radical (unpaired) electrons. The number of rotatable bonds is 6. The molecular formula is C9H18ClNO. The maximum absolute atomic E-state index is 8.75. The molecule has 0 aliphatic rings. The second-order valence-corrected chi connectivity index (χ2v) is 3.17. The monoisotopic (exact) mass is 191 g/mol. The molecule has 0 aliphatic heterocycles. The van der Waals surface area contributed by atoms with Crippen molar-refractivity contribution < 1.29 is 5.11 Å². The molecule has 72 valence electrons. The second kappa shape index (κ2) is 7.59. The Bertz CT molecular complexity index is 130. The summed E-state index contributed by atoms with van der Waals surface area (Å²) in [6, 6.07) is 0. The summed E-state index contributed by atoms with van der Waals surface area (Å²) in [6.07, 6.45) is 1.11. The van der Waals surface area contributed by atoms with Crippen molar-refractivity contribution in [2.24, 2.45) is 0 Å². The zero-order valence-corrected chi connectivity index (χ0v) is 8.64. The largest absolute Gasteiger partial charge is 0.395 e. The van der Waals surface area contributed by atoms with Gasteiger partial charge >= 0.3 is 0 Å². The summed E-state index contributed by atoms with van der Waals surface area (Å²) in [5, 5.41) is 8.75. The van der Waals surface area contributed by atoms with Gasteiger partial charge in [0.05, 0.1) is 6.61 Å². The van der Waals surface area contributed by atoms with Crippen molar-refractivity contribution in [2.45, 2.75) is 20.3 Å². The lowest BCUT2D eigenvalue weighted by Crippen LogP contribution is -2.29. The van der Waals surface area contributed by atoms with Gasteiger partial charge < -0.3 is 5.11 Å². The summed E-state index contributed by atoms with van der Waals surface area (Å²) in [5.74, 6) is 0. The van der Waals surface area contributed by atoms with E-state index >= 15 is 0 Å². The first-order valence-corrected chi connectivity index (χ1v) is 4.77. The fourth-order valence-electron chi connectivity index (χ4n) is 1.11. The highest BCUT2D eigenvalue weighted by atomic mass is 35.5. The van der Waals surface area contributed by atoms with Crippen LogP contribution in [0.2, 0.25) is 0 Å². The molecule has 2 nitrogen and oxygen atoms in total. The third-order valence-corrected chi connectivity index (χ3v) is 1.99. The highest BCUT2D eigenvalue weighted by Gasteiger charge is 2.02. The zero-order valence-electron chi connectivity index (χ0n) is 7.89. The number of halogens is 1. The van der Waals surface area contributed by atoms with Gasteiger partial charge in [-0.15, -0.1) is 0 Å². The molecule has 3 heteroatoms. The lowest BCUT2D eigenvalue weighted by atomic mass is 10.3. The number of aliphatic hydroxyl groups is 1. The fourth-order valence-corrected chi connectivity index (χ4v) is 1.18. The van der Waals surface area contributed by atoms with E-state index in [-0.39, 0.29) is 6.61 Å². The van der Waals surface area contributed by atoms with Crippen molar-refractivity contribution >= 4 is 11.6 Å². The smallest absolute Gasteiger partial charge is 0.0558 e. The minimum atomic E-state index is 0.218. The van der Waals surface area contributed by atoms with Crippen molar-refractivity contribution in [3.05, 3.63) is 11.1 Å². The lowest BCUT2D eigenvalue weighted by molar-refractivity contribution is 0.206. The SMILES string of the molecule is CCCN(CCO)CC(C)=CCl. The number of nitrogens with zero attached hydrogens (tertiary/aromatic N) is 1. The van der Waals surface area contributed by atoms with E-state index in [1.54, 1.807) is 5.54 Å². The quantitative estimate of drug-likeness (QED) is 0.693. The van der Waals surface area contributed by atoms with Crippen LogP contribution in [0.15, 0.2) is 11.1 Å². The van der Waals surface area contributed by atoms with E-state index in [0.717, 1.165) is 31.6 Å². The zero-order chi connectivity index (χ0) is 9.40. The molecule has 0 aromatic rings. The van der Waals surface area contributed by atoms with Gasteiger partial charge in [0.25, 0.3) is 0 Å². The molecule has 0 unspecified atom stereocenters. The Labute approximate surface area is 79.8 Å². The van der Waals surface area contributed by atoms with Crippen LogP contribution in [0.1, 0.15) is 20.3 Å². The van der Waals surface area contributed by atoms with E-state index in [2.05, 4.69) is 11.8 Å². The van der Waals surface area contributed by atoms with Gasteiger partial charge in [0.15, 0.2) is 0 Å². The van der Waals surface area contributed by atoms with Crippen LogP contribution in [0.3, 0.4) is 0 Å². The van der Waals surface area contributed by atoms with E-state index in [1.165, 1.54) is 0 Å². The van der Waals surface area contributed by atoms with Crippen LogP contribution in [0, 0.1) is 0 Å². The Balaban J connectivity index is 3.77. The summed E-state index contributed by atoms with van der Waals surface area (Å²) in [5.41, 5.74) is 2.73. The van der Waals surface area contributed by atoms with Crippen molar-refractivity contribution in [1.29, 1.82) is 0 Å². The van der Waals surface area contributed by atoms with Gasteiger partial charge in [-0.3, -0.25) is 4.90 Å². The van der Waals surface area contributed by atoms with E-state index in [9.17, 15) is 0 Å². The summed E-state index contributed by atoms with van der Waals surface area (Å²) < 4.78 is 0. The number of hydrogen-bond acceptors (Lipinski definition) is 2. The summed E-state index contributed by atoms with van der Waals surface area (Å²) >= 11 is 5.55. The highest BCUT2D eigenvalue weighted by molar-refractivity contribution is 6.25. The van der Waals surface area contributed by atoms with Gasteiger partial charge in [-0.2, -0.15) is 0 Å². The first-order chi connectivity index (χ1) is 5.74. The maximum atomic E-state index is 8.75. The number of aliphatic hydroxyl groups excluding tert-OH is 1. The van der Waals surface area contributed by atoms with Crippen LogP contribution in [0.4, 0.5) is 0 Å². The molecule has 0 spiro atoms. The van der Waals surface area contributed by atoms with Gasteiger partial charge in [0, 0.05) is 18.6 Å². The molecule has 0 amide bonds. The first kappa shape index (κ1) is 11.9. The Kier molecular flexibility index (Phi) is 7.56. The highest BCUT2D eigenvalue weighted by Crippen LogP contribution is 2.00.